The predicted molar refractivity (Wildman–Crippen MR) is 161 cm³/mol. The van der Waals surface area contributed by atoms with E-state index in [9.17, 15) is 31.0 Å². The largest absolute Gasteiger partial charge is 0.505 e. The van der Waals surface area contributed by atoms with Gasteiger partial charge in [0, 0.05) is 16.8 Å². The maximum Gasteiger partial charge on any atom is 0.296 e. The van der Waals surface area contributed by atoms with E-state index in [1.807, 2.05) is 18.2 Å². The molecule has 0 fully saturated rings. The number of nitrogens with two attached hydrogens (primary N) is 1. The smallest absolute Gasteiger partial charge is 0.296 e. The number of hydrogen-bond donors (Lipinski definition) is 5. The molecule has 0 unspecified atom stereocenters. The second-order valence-corrected chi connectivity index (χ2v) is 11.9. The highest BCUT2D eigenvalue weighted by Gasteiger charge is 2.22. The lowest BCUT2D eigenvalue weighted by molar-refractivity contribution is 0.472. The number of anilines is 3. The Morgan fingerprint density at radius 1 is 0.605 bits per heavy atom. The molecule has 0 spiro atoms. The Morgan fingerprint density at radius 3 is 1.74 bits per heavy atom. The van der Waals surface area contributed by atoms with Gasteiger partial charge in [-0.1, -0.05) is 18.2 Å². The lowest BCUT2D eigenvalue weighted by Gasteiger charge is -2.12. The highest BCUT2D eigenvalue weighted by Crippen LogP contribution is 2.42. The number of fused-ring (bicyclic) bond motifs is 1. The van der Waals surface area contributed by atoms with Gasteiger partial charge >= 0.3 is 0 Å². The molecule has 0 aliphatic rings. The third-order valence-electron chi connectivity index (χ3n) is 6.06. The van der Waals surface area contributed by atoms with Crippen LogP contribution in [0.5, 0.6) is 5.75 Å². The molecule has 5 rings (SSSR count). The zero-order valence-electron chi connectivity index (χ0n) is 21.9. The minimum absolute atomic E-state index is 0.152. The molecule has 0 radical (unpaired) electrons. The first-order chi connectivity index (χ1) is 20.4. The quantitative estimate of drug-likeness (QED) is 0.0674. The van der Waals surface area contributed by atoms with Gasteiger partial charge in [-0.2, -0.15) is 32.2 Å². The monoisotopic (exact) mass is 618 g/mol. The van der Waals surface area contributed by atoms with Crippen molar-refractivity contribution in [1.29, 1.82) is 0 Å². The van der Waals surface area contributed by atoms with Gasteiger partial charge in [0.2, 0.25) is 0 Å². The summed E-state index contributed by atoms with van der Waals surface area (Å²) in [7, 11) is -9.44. The SMILES string of the molecule is Nc1ccc(Nc2ccc3c(O)c(N=Nc4ccc(N=Nc5ccccc5)cc4)c(S(=O)(=O)O)cc3c2)cc1S(=O)(=O)O. The fourth-order valence-corrected chi connectivity index (χ4v) is 5.33. The van der Waals surface area contributed by atoms with Gasteiger partial charge in [0.15, 0.2) is 5.75 Å². The molecule has 43 heavy (non-hydrogen) atoms. The predicted octanol–water partition coefficient (Wildman–Crippen LogP) is 7.20. The van der Waals surface area contributed by atoms with Crippen molar-refractivity contribution in [3.05, 3.63) is 97.1 Å². The molecule has 218 valence electrons. The summed E-state index contributed by atoms with van der Waals surface area (Å²) >= 11 is 0. The normalized spacial score (nSPS) is 12.3. The van der Waals surface area contributed by atoms with Crippen molar-refractivity contribution in [2.24, 2.45) is 20.5 Å². The van der Waals surface area contributed by atoms with Gasteiger partial charge in [0.1, 0.15) is 15.5 Å². The Morgan fingerprint density at radius 2 is 1.14 bits per heavy atom. The van der Waals surface area contributed by atoms with Crippen molar-refractivity contribution >= 4 is 70.8 Å². The molecule has 5 aromatic carbocycles. The molecule has 0 aliphatic carbocycles. The highest BCUT2D eigenvalue weighted by atomic mass is 32.2. The van der Waals surface area contributed by atoms with Crippen LogP contribution < -0.4 is 11.1 Å². The summed E-state index contributed by atoms with van der Waals surface area (Å²) in [5.74, 6) is -0.546. The zero-order chi connectivity index (χ0) is 30.8. The van der Waals surface area contributed by atoms with Crippen molar-refractivity contribution in [2.75, 3.05) is 11.1 Å². The van der Waals surface area contributed by atoms with E-state index in [1.54, 1.807) is 36.4 Å². The molecule has 0 aliphatic heterocycles. The Kier molecular flexibility index (Phi) is 7.88. The van der Waals surface area contributed by atoms with Gasteiger partial charge in [-0.05, 0) is 84.2 Å². The van der Waals surface area contributed by atoms with Crippen molar-refractivity contribution in [1.82, 2.24) is 0 Å². The van der Waals surface area contributed by atoms with Crippen LogP contribution in [0.1, 0.15) is 0 Å². The van der Waals surface area contributed by atoms with E-state index >= 15 is 0 Å². The van der Waals surface area contributed by atoms with Crippen LogP contribution in [0.4, 0.5) is 39.8 Å². The Hall–Kier alpha value is -5.22. The molecule has 0 aromatic heterocycles. The van der Waals surface area contributed by atoms with Crippen LogP contribution in [-0.2, 0) is 20.2 Å². The van der Waals surface area contributed by atoms with E-state index < -0.39 is 41.5 Å². The first-order valence-electron chi connectivity index (χ1n) is 12.3. The van der Waals surface area contributed by atoms with E-state index in [4.69, 9.17) is 5.73 Å². The first kappa shape index (κ1) is 29.3. The van der Waals surface area contributed by atoms with Crippen LogP contribution >= 0.6 is 0 Å². The van der Waals surface area contributed by atoms with Crippen LogP contribution in [-0.4, -0.2) is 31.0 Å². The van der Waals surface area contributed by atoms with Gasteiger partial charge in [0.05, 0.1) is 22.7 Å². The maximum absolute atomic E-state index is 12.2. The number of nitrogen functional groups attached to an aromatic ring is 1. The van der Waals surface area contributed by atoms with E-state index in [1.165, 1.54) is 30.3 Å². The molecule has 5 aromatic rings. The fourth-order valence-electron chi connectivity index (χ4n) is 4.03. The first-order valence-corrected chi connectivity index (χ1v) is 15.2. The number of benzene rings is 5. The van der Waals surface area contributed by atoms with Gasteiger partial charge < -0.3 is 16.2 Å². The number of azo groups is 2. The van der Waals surface area contributed by atoms with Crippen molar-refractivity contribution < 1.29 is 31.0 Å². The summed E-state index contributed by atoms with van der Waals surface area (Å²) in [5.41, 5.74) is 7.14. The van der Waals surface area contributed by atoms with Crippen molar-refractivity contribution in [3.63, 3.8) is 0 Å². The average molecular weight is 619 g/mol. The Balaban J connectivity index is 1.45. The minimum Gasteiger partial charge on any atom is -0.505 e. The molecule has 0 atom stereocenters. The Bertz CT molecular complexity index is 2120. The van der Waals surface area contributed by atoms with Crippen LogP contribution in [0.15, 0.2) is 127 Å². The van der Waals surface area contributed by atoms with E-state index in [-0.39, 0.29) is 22.1 Å². The Labute approximate surface area is 245 Å². The third-order valence-corrected chi connectivity index (χ3v) is 7.84. The summed E-state index contributed by atoms with van der Waals surface area (Å²) < 4.78 is 67.0. The minimum atomic E-state index is -4.86. The number of aromatic hydroxyl groups is 1. The van der Waals surface area contributed by atoms with Crippen molar-refractivity contribution in [3.8, 4) is 5.75 Å². The maximum atomic E-state index is 12.2. The van der Waals surface area contributed by atoms with Crippen LogP contribution in [0.3, 0.4) is 0 Å². The van der Waals surface area contributed by atoms with Gasteiger partial charge in [0.25, 0.3) is 20.2 Å². The topological polar surface area (TPSA) is 216 Å². The number of phenolic OH excluding ortho intramolecular Hbond substituents is 1. The second kappa shape index (κ2) is 11.6. The molecule has 0 heterocycles. The summed E-state index contributed by atoms with van der Waals surface area (Å²) in [4.78, 5) is -1.18. The lowest BCUT2D eigenvalue weighted by Crippen LogP contribution is -2.04. The number of rotatable bonds is 8. The van der Waals surface area contributed by atoms with E-state index in [0.29, 0.717) is 22.7 Å². The van der Waals surface area contributed by atoms with Gasteiger partial charge in [-0.15, -0.1) is 5.11 Å². The lowest BCUT2D eigenvalue weighted by atomic mass is 10.1. The number of nitrogens with zero attached hydrogens (tertiary/aromatic N) is 4. The molecular weight excluding hydrogens is 596 g/mol. The molecule has 0 saturated heterocycles. The van der Waals surface area contributed by atoms with Crippen molar-refractivity contribution in [2.45, 2.75) is 9.79 Å². The molecule has 13 nitrogen and oxygen atoms in total. The standard InChI is InChI=1S/C28H22N6O7S2/c29-24-13-11-22(16-25(24)42(36,37)38)30-21-10-12-23-17(14-21)15-26(43(39,40)41)27(28(23)35)34-33-20-8-6-19(7-9-20)32-31-18-4-2-1-3-5-18/h1-16,30,35H,29H2,(H,36,37,38)(H,39,40,41). The summed E-state index contributed by atoms with van der Waals surface area (Å²) in [6.07, 6.45) is 0. The molecule has 15 heteroatoms. The summed E-state index contributed by atoms with van der Waals surface area (Å²) in [6, 6.07) is 25.0. The molecule has 0 saturated carbocycles. The number of phenols is 1. The van der Waals surface area contributed by atoms with Crippen LogP contribution in [0.25, 0.3) is 10.8 Å². The third kappa shape index (κ3) is 6.82. The number of hydrogen-bond acceptors (Lipinski definition) is 11. The number of nitrogens with one attached hydrogen (secondary N) is 1. The van der Waals surface area contributed by atoms with E-state index in [0.717, 1.165) is 12.1 Å². The van der Waals surface area contributed by atoms with Crippen LogP contribution in [0, 0.1) is 0 Å². The average Bonchev–Trinajstić information content (AvgIpc) is 2.96. The van der Waals surface area contributed by atoms with Crippen LogP contribution in [0.2, 0.25) is 0 Å². The summed E-state index contributed by atoms with van der Waals surface area (Å²) in [5, 5.41) is 30.4. The van der Waals surface area contributed by atoms with Gasteiger partial charge in [-0.25, -0.2) is 0 Å². The summed E-state index contributed by atoms with van der Waals surface area (Å²) in [6.45, 7) is 0. The molecular formula is C28H22N6O7S2. The second-order valence-electron chi connectivity index (χ2n) is 9.09. The molecule has 6 N–H and O–H groups in total. The zero-order valence-corrected chi connectivity index (χ0v) is 23.5. The van der Waals surface area contributed by atoms with E-state index in [2.05, 4.69) is 25.8 Å². The van der Waals surface area contributed by atoms with Gasteiger partial charge in [-0.3, -0.25) is 9.11 Å². The molecule has 0 bridgehead atoms. The fraction of sp³-hybridized carbons (Fsp3) is 0. The molecule has 0 amide bonds. The highest BCUT2D eigenvalue weighted by molar-refractivity contribution is 7.86.